The largest absolute Gasteiger partial charge is 0.378 e. The maximum Gasteiger partial charge on any atom is 0.229 e. The van der Waals surface area contributed by atoms with Crippen LogP contribution in [0.25, 0.3) is 0 Å². The van der Waals surface area contributed by atoms with Crippen molar-refractivity contribution < 1.29 is 0 Å². The summed E-state index contributed by atoms with van der Waals surface area (Å²) in [4.78, 5) is 16.0. The van der Waals surface area contributed by atoms with Gasteiger partial charge in [-0.05, 0) is 55.0 Å². The molecule has 0 saturated carbocycles. The Morgan fingerprint density at radius 3 is 2.31 bits per heavy atom. The van der Waals surface area contributed by atoms with Crippen molar-refractivity contribution in [2.75, 3.05) is 60.3 Å². The standard InChI is InChI=1S/C23H28N6/c1-18-5-4-6-21(17-18)28-13-15-29(16-14-28)22-11-12-24-23(26-22)25-19-7-9-20(10-8-19)27(2)3/h4-12,17H,13-16H2,1-3H3,(H,24,25,26). The van der Waals surface area contributed by atoms with Gasteiger partial charge in [0, 0.05) is 63.5 Å². The molecule has 2 aromatic carbocycles. The monoisotopic (exact) mass is 388 g/mol. The smallest absolute Gasteiger partial charge is 0.229 e. The fraction of sp³-hybridized carbons (Fsp3) is 0.304. The highest BCUT2D eigenvalue weighted by Gasteiger charge is 2.19. The minimum atomic E-state index is 0.626. The van der Waals surface area contributed by atoms with E-state index in [-0.39, 0.29) is 0 Å². The molecule has 2 heterocycles. The molecule has 6 nitrogen and oxygen atoms in total. The summed E-state index contributed by atoms with van der Waals surface area (Å²) >= 11 is 0. The topological polar surface area (TPSA) is 47.5 Å². The van der Waals surface area contributed by atoms with Crippen LogP contribution < -0.4 is 20.0 Å². The summed E-state index contributed by atoms with van der Waals surface area (Å²) in [6.07, 6.45) is 1.83. The number of benzene rings is 2. The number of rotatable bonds is 5. The molecule has 1 fully saturated rings. The quantitative estimate of drug-likeness (QED) is 0.715. The fourth-order valence-electron chi connectivity index (χ4n) is 3.58. The van der Waals surface area contributed by atoms with Crippen molar-refractivity contribution >= 4 is 28.8 Å². The van der Waals surface area contributed by atoms with Crippen molar-refractivity contribution in [2.24, 2.45) is 0 Å². The second-order valence-corrected chi connectivity index (χ2v) is 7.62. The van der Waals surface area contributed by atoms with Gasteiger partial charge in [-0.3, -0.25) is 0 Å². The number of hydrogen-bond donors (Lipinski definition) is 1. The molecule has 1 aromatic heterocycles. The molecule has 0 bridgehead atoms. The first-order valence-electron chi connectivity index (χ1n) is 10.0. The predicted molar refractivity (Wildman–Crippen MR) is 122 cm³/mol. The van der Waals surface area contributed by atoms with Gasteiger partial charge < -0.3 is 20.0 Å². The molecule has 1 N–H and O–H groups in total. The molecule has 150 valence electrons. The Labute approximate surface area is 172 Å². The van der Waals surface area contributed by atoms with E-state index in [0.29, 0.717) is 5.95 Å². The van der Waals surface area contributed by atoms with Gasteiger partial charge in [-0.1, -0.05) is 12.1 Å². The summed E-state index contributed by atoms with van der Waals surface area (Å²) in [5, 5.41) is 3.31. The van der Waals surface area contributed by atoms with Crippen LogP contribution in [0.2, 0.25) is 0 Å². The zero-order valence-corrected chi connectivity index (χ0v) is 17.3. The molecule has 29 heavy (non-hydrogen) atoms. The number of nitrogens with one attached hydrogen (secondary N) is 1. The van der Waals surface area contributed by atoms with Crippen molar-refractivity contribution in [2.45, 2.75) is 6.92 Å². The van der Waals surface area contributed by atoms with E-state index in [1.165, 1.54) is 11.3 Å². The highest BCUT2D eigenvalue weighted by Crippen LogP contribution is 2.22. The summed E-state index contributed by atoms with van der Waals surface area (Å²) in [5.41, 5.74) is 4.75. The minimum absolute atomic E-state index is 0.626. The van der Waals surface area contributed by atoms with Crippen LogP contribution in [0, 0.1) is 6.92 Å². The van der Waals surface area contributed by atoms with E-state index in [2.05, 4.69) is 68.3 Å². The lowest BCUT2D eigenvalue weighted by molar-refractivity contribution is 0.647. The lowest BCUT2D eigenvalue weighted by Gasteiger charge is -2.36. The molecule has 4 rings (SSSR count). The highest BCUT2D eigenvalue weighted by molar-refractivity contribution is 5.60. The van der Waals surface area contributed by atoms with Crippen molar-refractivity contribution in [1.82, 2.24) is 9.97 Å². The van der Waals surface area contributed by atoms with Gasteiger partial charge in [0.1, 0.15) is 5.82 Å². The molecule has 1 aliphatic heterocycles. The molecule has 0 radical (unpaired) electrons. The van der Waals surface area contributed by atoms with E-state index in [4.69, 9.17) is 4.98 Å². The van der Waals surface area contributed by atoms with Gasteiger partial charge in [0.05, 0.1) is 0 Å². The van der Waals surface area contributed by atoms with Gasteiger partial charge in [0.25, 0.3) is 0 Å². The Bertz CT molecular complexity index is 946. The molecular formula is C23H28N6. The van der Waals surface area contributed by atoms with Gasteiger partial charge in [0.15, 0.2) is 0 Å². The molecule has 0 spiro atoms. The first kappa shape index (κ1) is 19.1. The molecular weight excluding hydrogens is 360 g/mol. The Balaban J connectivity index is 1.40. The van der Waals surface area contributed by atoms with Gasteiger partial charge >= 0.3 is 0 Å². The van der Waals surface area contributed by atoms with E-state index >= 15 is 0 Å². The Morgan fingerprint density at radius 1 is 0.897 bits per heavy atom. The third-order valence-electron chi connectivity index (χ3n) is 5.25. The normalized spacial score (nSPS) is 14.0. The summed E-state index contributed by atoms with van der Waals surface area (Å²) in [6, 6.07) is 19.0. The average molecular weight is 389 g/mol. The Hall–Kier alpha value is -3.28. The molecule has 1 saturated heterocycles. The van der Waals surface area contributed by atoms with Crippen LogP contribution >= 0.6 is 0 Å². The Morgan fingerprint density at radius 2 is 1.62 bits per heavy atom. The lowest BCUT2D eigenvalue weighted by Crippen LogP contribution is -2.46. The lowest BCUT2D eigenvalue weighted by atomic mass is 10.2. The van der Waals surface area contributed by atoms with E-state index in [9.17, 15) is 0 Å². The molecule has 1 aliphatic rings. The zero-order chi connectivity index (χ0) is 20.2. The van der Waals surface area contributed by atoms with Crippen molar-refractivity contribution in [1.29, 1.82) is 0 Å². The number of aryl methyl sites for hydroxylation is 1. The third-order valence-corrected chi connectivity index (χ3v) is 5.25. The summed E-state index contributed by atoms with van der Waals surface area (Å²) in [7, 11) is 4.07. The minimum Gasteiger partial charge on any atom is -0.378 e. The molecule has 3 aromatic rings. The third kappa shape index (κ3) is 4.59. The van der Waals surface area contributed by atoms with Gasteiger partial charge in [-0.2, -0.15) is 4.98 Å². The van der Waals surface area contributed by atoms with Crippen LogP contribution in [0.5, 0.6) is 0 Å². The first-order chi connectivity index (χ1) is 14.1. The maximum absolute atomic E-state index is 4.74. The van der Waals surface area contributed by atoms with Crippen LogP contribution in [-0.4, -0.2) is 50.2 Å². The van der Waals surface area contributed by atoms with Gasteiger partial charge in [-0.15, -0.1) is 0 Å². The van der Waals surface area contributed by atoms with E-state index in [0.717, 1.165) is 43.4 Å². The average Bonchev–Trinajstić information content (AvgIpc) is 2.74. The highest BCUT2D eigenvalue weighted by atomic mass is 15.3. The zero-order valence-electron chi connectivity index (χ0n) is 17.3. The number of aromatic nitrogens is 2. The van der Waals surface area contributed by atoms with Gasteiger partial charge in [0.2, 0.25) is 5.95 Å². The van der Waals surface area contributed by atoms with E-state index in [1.807, 2.05) is 38.5 Å². The SMILES string of the molecule is Cc1cccc(N2CCN(c3ccnc(Nc4ccc(N(C)C)cc4)n3)CC2)c1. The molecule has 0 amide bonds. The number of hydrogen-bond acceptors (Lipinski definition) is 6. The van der Waals surface area contributed by atoms with Crippen LogP contribution in [0.4, 0.5) is 28.8 Å². The van der Waals surface area contributed by atoms with Crippen molar-refractivity contribution in [3.8, 4) is 0 Å². The summed E-state index contributed by atoms with van der Waals surface area (Å²) < 4.78 is 0. The molecule has 0 unspecified atom stereocenters. The number of anilines is 5. The van der Waals surface area contributed by atoms with Crippen LogP contribution in [0.1, 0.15) is 5.56 Å². The van der Waals surface area contributed by atoms with Crippen LogP contribution in [-0.2, 0) is 0 Å². The summed E-state index contributed by atoms with van der Waals surface area (Å²) in [5.74, 6) is 1.59. The first-order valence-corrected chi connectivity index (χ1v) is 10.0. The van der Waals surface area contributed by atoms with Crippen LogP contribution in [0.15, 0.2) is 60.8 Å². The maximum atomic E-state index is 4.74. The Kier molecular flexibility index (Phi) is 5.51. The van der Waals surface area contributed by atoms with Crippen molar-refractivity contribution in [3.05, 3.63) is 66.4 Å². The fourth-order valence-corrected chi connectivity index (χ4v) is 3.58. The second-order valence-electron chi connectivity index (χ2n) is 7.62. The summed E-state index contributed by atoms with van der Waals surface area (Å²) in [6.45, 7) is 6.01. The van der Waals surface area contributed by atoms with E-state index < -0.39 is 0 Å². The van der Waals surface area contributed by atoms with Crippen molar-refractivity contribution in [3.63, 3.8) is 0 Å². The molecule has 0 atom stereocenters. The molecule has 6 heteroatoms. The predicted octanol–water partition coefficient (Wildman–Crippen LogP) is 3.92. The second kappa shape index (κ2) is 8.39. The van der Waals surface area contributed by atoms with Crippen LogP contribution in [0.3, 0.4) is 0 Å². The van der Waals surface area contributed by atoms with E-state index in [1.54, 1.807) is 0 Å². The number of piperazine rings is 1. The molecule has 0 aliphatic carbocycles. The number of nitrogens with zero attached hydrogens (tertiary/aromatic N) is 5. The van der Waals surface area contributed by atoms with Gasteiger partial charge in [-0.25, -0.2) is 4.98 Å².